The fourth-order valence-corrected chi connectivity index (χ4v) is 4.37. The van der Waals surface area contributed by atoms with Gasteiger partial charge in [0.15, 0.2) is 5.13 Å². The molecule has 2 aromatic heterocycles. The summed E-state index contributed by atoms with van der Waals surface area (Å²) in [5.74, 6) is 0.239. The molecule has 8 heteroatoms. The van der Waals surface area contributed by atoms with Gasteiger partial charge < -0.3 is 14.6 Å². The summed E-state index contributed by atoms with van der Waals surface area (Å²) in [4.78, 5) is 19.8. The highest BCUT2D eigenvalue weighted by Crippen LogP contribution is 2.35. The highest BCUT2D eigenvalue weighted by Gasteiger charge is 2.28. The summed E-state index contributed by atoms with van der Waals surface area (Å²) in [5.41, 5.74) is 2.32. The van der Waals surface area contributed by atoms with Crippen LogP contribution in [0, 0.1) is 5.82 Å². The number of anilines is 2. The smallest absolute Gasteiger partial charge is 0.243 e. The minimum atomic E-state index is -0.502. The van der Waals surface area contributed by atoms with Crippen molar-refractivity contribution >= 4 is 39.7 Å². The molecule has 1 N–H and O–H groups in total. The van der Waals surface area contributed by atoms with Crippen molar-refractivity contribution in [3.05, 3.63) is 88.9 Å². The summed E-state index contributed by atoms with van der Waals surface area (Å²) in [6, 6.07) is 16.6. The summed E-state index contributed by atoms with van der Waals surface area (Å²) >= 11 is 7.51. The van der Waals surface area contributed by atoms with E-state index >= 15 is 0 Å². The molecule has 0 unspecified atom stereocenters. The summed E-state index contributed by atoms with van der Waals surface area (Å²) in [6.07, 6.45) is 2.13. The summed E-state index contributed by atoms with van der Waals surface area (Å²) in [6.45, 7) is 2.25. The molecular weight excluding hydrogens is 449 g/mol. The molecule has 4 aromatic rings. The molecule has 0 spiro atoms. The molecule has 1 atom stereocenters. The maximum atomic E-state index is 13.3. The quantitative estimate of drug-likeness (QED) is 0.323. The van der Waals surface area contributed by atoms with E-state index in [1.54, 1.807) is 36.6 Å². The van der Waals surface area contributed by atoms with Gasteiger partial charge in [-0.3, -0.25) is 4.79 Å². The molecule has 0 radical (unpaired) electrons. The fraction of sp³-hybridized carbons (Fsp3) is 0.167. The van der Waals surface area contributed by atoms with Crippen LogP contribution in [-0.2, 0) is 11.3 Å². The predicted octanol–water partition coefficient (Wildman–Crippen LogP) is 6.43. The number of nitrogens with one attached hydrogen (secondary N) is 1. The Kier molecular flexibility index (Phi) is 6.87. The number of hydrogen-bond donors (Lipinski definition) is 1. The molecule has 32 heavy (non-hydrogen) atoms. The average molecular weight is 470 g/mol. The SMILES string of the molecule is CC[C@H](C(=O)NCc1ccco1)N(c1ccc(Cl)cc1)c1nc(-c2ccc(F)cc2)cs1. The van der Waals surface area contributed by atoms with Crippen molar-refractivity contribution in [3.8, 4) is 11.3 Å². The lowest BCUT2D eigenvalue weighted by atomic mass is 10.1. The van der Waals surface area contributed by atoms with Crippen molar-refractivity contribution < 1.29 is 13.6 Å². The zero-order valence-corrected chi connectivity index (χ0v) is 18.9. The summed E-state index contributed by atoms with van der Waals surface area (Å²) in [7, 11) is 0. The molecule has 0 aliphatic carbocycles. The Bertz CT molecular complexity index is 1160. The Morgan fingerprint density at radius 1 is 1.19 bits per heavy atom. The number of rotatable bonds is 8. The number of hydrogen-bond acceptors (Lipinski definition) is 5. The van der Waals surface area contributed by atoms with Gasteiger partial charge in [0.05, 0.1) is 18.5 Å². The first kappa shape index (κ1) is 22.0. The third kappa shape index (κ3) is 5.00. The number of furan rings is 1. The Hall–Kier alpha value is -3.16. The first-order valence-corrected chi connectivity index (χ1v) is 11.4. The normalized spacial score (nSPS) is 11.8. The van der Waals surface area contributed by atoms with E-state index in [0.717, 1.165) is 16.9 Å². The third-order valence-corrected chi connectivity index (χ3v) is 6.05. The van der Waals surface area contributed by atoms with Gasteiger partial charge in [0.25, 0.3) is 0 Å². The average Bonchev–Trinajstić information content (AvgIpc) is 3.49. The number of aromatic nitrogens is 1. The molecule has 0 fully saturated rings. The van der Waals surface area contributed by atoms with Crippen LogP contribution in [0.5, 0.6) is 0 Å². The second-order valence-corrected chi connectivity index (χ2v) is 8.36. The highest BCUT2D eigenvalue weighted by molar-refractivity contribution is 7.14. The minimum absolute atomic E-state index is 0.141. The van der Waals surface area contributed by atoms with Crippen molar-refractivity contribution in [3.63, 3.8) is 0 Å². The third-order valence-electron chi connectivity index (χ3n) is 4.96. The fourth-order valence-electron chi connectivity index (χ4n) is 3.34. The van der Waals surface area contributed by atoms with Crippen LogP contribution < -0.4 is 10.2 Å². The van der Waals surface area contributed by atoms with Gasteiger partial charge in [-0.2, -0.15) is 0 Å². The first-order chi connectivity index (χ1) is 15.5. The number of benzene rings is 2. The van der Waals surface area contributed by atoms with Crippen LogP contribution in [0.4, 0.5) is 15.2 Å². The molecule has 0 aliphatic rings. The van der Waals surface area contributed by atoms with Crippen LogP contribution in [-0.4, -0.2) is 16.9 Å². The van der Waals surface area contributed by atoms with E-state index in [9.17, 15) is 9.18 Å². The van der Waals surface area contributed by atoms with Crippen LogP contribution in [0.15, 0.2) is 76.7 Å². The molecule has 0 bridgehead atoms. The number of halogens is 2. The van der Waals surface area contributed by atoms with Crippen molar-refractivity contribution in [2.24, 2.45) is 0 Å². The second-order valence-electron chi connectivity index (χ2n) is 7.09. The van der Waals surface area contributed by atoms with E-state index in [0.29, 0.717) is 28.9 Å². The minimum Gasteiger partial charge on any atom is -0.467 e. The molecule has 0 saturated carbocycles. The predicted molar refractivity (Wildman–Crippen MR) is 126 cm³/mol. The number of carbonyl (C=O) groups excluding carboxylic acids is 1. The van der Waals surface area contributed by atoms with Crippen molar-refractivity contribution in [2.75, 3.05) is 4.90 Å². The molecule has 2 aromatic carbocycles. The Labute approximate surface area is 194 Å². The maximum absolute atomic E-state index is 13.3. The van der Waals surface area contributed by atoms with E-state index < -0.39 is 6.04 Å². The van der Waals surface area contributed by atoms with Crippen molar-refractivity contribution in [2.45, 2.75) is 25.9 Å². The lowest BCUT2D eigenvalue weighted by Crippen LogP contribution is -2.44. The number of carbonyl (C=O) groups is 1. The Balaban J connectivity index is 1.66. The lowest BCUT2D eigenvalue weighted by Gasteiger charge is -2.30. The zero-order chi connectivity index (χ0) is 22.5. The largest absolute Gasteiger partial charge is 0.467 e. The summed E-state index contributed by atoms with van der Waals surface area (Å²) < 4.78 is 18.6. The van der Waals surface area contributed by atoms with E-state index in [1.807, 2.05) is 35.4 Å². The van der Waals surface area contributed by atoms with Gasteiger partial charge in [-0.05, 0) is 67.1 Å². The molecule has 0 aliphatic heterocycles. The van der Waals surface area contributed by atoms with E-state index in [4.69, 9.17) is 21.0 Å². The molecule has 164 valence electrons. The molecule has 2 heterocycles. The topological polar surface area (TPSA) is 58.4 Å². The molecule has 1 amide bonds. The van der Waals surface area contributed by atoms with Gasteiger partial charge in [-0.1, -0.05) is 18.5 Å². The standard InChI is InChI=1S/C24H21ClFN3O2S/c1-2-22(23(30)27-14-20-4-3-13-31-20)29(19-11-7-17(25)8-12-19)24-28-21(15-32-24)16-5-9-18(26)10-6-16/h3-13,15,22H,2,14H2,1H3,(H,27,30)/t22-/m1/s1. The van der Waals surface area contributed by atoms with E-state index in [2.05, 4.69) is 5.32 Å². The maximum Gasteiger partial charge on any atom is 0.243 e. The van der Waals surface area contributed by atoms with Crippen LogP contribution in [0.2, 0.25) is 5.02 Å². The number of thiazole rings is 1. The molecule has 0 saturated heterocycles. The number of nitrogens with zero attached hydrogens (tertiary/aromatic N) is 2. The van der Waals surface area contributed by atoms with E-state index in [1.165, 1.54) is 23.5 Å². The summed E-state index contributed by atoms with van der Waals surface area (Å²) in [5, 5.41) is 6.11. The molecule has 4 rings (SSSR count). The van der Waals surface area contributed by atoms with Crippen LogP contribution in [0.25, 0.3) is 11.3 Å². The molecule has 5 nitrogen and oxygen atoms in total. The van der Waals surface area contributed by atoms with Crippen molar-refractivity contribution in [1.29, 1.82) is 0 Å². The number of amides is 1. The van der Waals surface area contributed by atoms with Crippen LogP contribution in [0.1, 0.15) is 19.1 Å². The second kappa shape index (κ2) is 9.97. The Morgan fingerprint density at radius 3 is 2.59 bits per heavy atom. The van der Waals surface area contributed by atoms with Gasteiger partial charge in [-0.15, -0.1) is 11.3 Å². The van der Waals surface area contributed by atoms with Crippen LogP contribution in [0.3, 0.4) is 0 Å². The van der Waals surface area contributed by atoms with E-state index in [-0.39, 0.29) is 11.7 Å². The van der Waals surface area contributed by atoms with Gasteiger partial charge >= 0.3 is 0 Å². The first-order valence-electron chi connectivity index (χ1n) is 10.1. The zero-order valence-electron chi connectivity index (χ0n) is 17.3. The van der Waals surface area contributed by atoms with Gasteiger partial charge in [0, 0.05) is 21.7 Å². The monoisotopic (exact) mass is 469 g/mol. The van der Waals surface area contributed by atoms with Gasteiger partial charge in [0.1, 0.15) is 17.6 Å². The Morgan fingerprint density at radius 2 is 1.94 bits per heavy atom. The molecular formula is C24H21ClFN3O2S. The van der Waals surface area contributed by atoms with Crippen molar-refractivity contribution in [1.82, 2.24) is 10.3 Å². The lowest BCUT2D eigenvalue weighted by molar-refractivity contribution is -0.122. The van der Waals surface area contributed by atoms with Crippen LogP contribution >= 0.6 is 22.9 Å². The van der Waals surface area contributed by atoms with Gasteiger partial charge in [0.2, 0.25) is 5.91 Å². The highest BCUT2D eigenvalue weighted by atomic mass is 35.5. The van der Waals surface area contributed by atoms with Gasteiger partial charge in [-0.25, -0.2) is 9.37 Å².